The Balaban J connectivity index is 1.93. The minimum atomic E-state index is -4.13. The number of hydrogen-bond acceptors (Lipinski definition) is 5. The Morgan fingerprint density at radius 3 is 2.25 bits per heavy atom. The van der Waals surface area contributed by atoms with Crippen molar-refractivity contribution in [3.05, 3.63) is 58.8 Å². The number of carbonyl (C=O) groups excluding carboxylic acids is 1. The van der Waals surface area contributed by atoms with Crippen molar-refractivity contribution >= 4 is 61.4 Å². The van der Waals surface area contributed by atoms with E-state index >= 15 is 0 Å². The zero-order chi connectivity index (χ0) is 20.5. The zero-order valence-electron chi connectivity index (χ0n) is 14.9. The summed E-state index contributed by atoms with van der Waals surface area (Å²) in [7, 11) is -0.396. The number of urea groups is 1. The molecular weight excluding hydrogens is 423 g/mol. The third-order valence-corrected chi connectivity index (χ3v) is 5.65. The predicted molar refractivity (Wildman–Crippen MR) is 112 cm³/mol. The Hall–Kier alpha value is -2.55. The normalized spacial score (nSPS) is 11.3. The molecule has 0 spiro atoms. The average Bonchev–Trinajstić information content (AvgIpc) is 2.58. The number of amides is 2. The fraction of sp³-hybridized carbons (Fsp3) is 0.111. The van der Waals surface area contributed by atoms with Gasteiger partial charge in [0.15, 0.2) is 0 Å². The number of sulfonamides is 1. The molecule has 0 saturated heterocycles. The number of aromatic nitrogens is 1. The van der Waals surface area contributed by atoms with Gasteiger partial charge in [-0.1, -0.05) is 47.5 Å². The lowest BCUT2D eigenvalue weighted by molar-refractivity contribution is 0.256. The van der Waals surface area contributed by atoms with Crippen LogP contribution in [-0.4, -0.2) is 33.5 Å². The van der Waals surface area contributed by atoms with Crippen LogP contribution in [0.25, 0.3) is 10.8 Å². The van der Waals surface area contributed by atoms with Gasteiger partial charge in [-0.15, -0.1) is 0 Å². The number of nitrogens with one attached hydrogen (secondary N) is 2. The van der Waals surface area contributed by atoms with Crippen LogP contribution in [0.5, 0.6) is 0 Å². The molecule has 2 aromatic carbocycles. The highest BCUT2D eigenvalue weighted by Crippen LogP contribution is 2.30. The minimum Gasteiger partial charge on any atom is -0.377 e. The van der Waals surface area contributed by atoms with E-state index in [4.69, 9.17) is 23.2 Å². The van der Waals surface area contributed by atoms with Gasteiger partial charge in [0.1, 0.15) is 10.3 Å². The summed E-state index contributed by atoms with van der Waals surface area (Å²) < 4.78 is 27.6. The van der Waals surface area contributed by atoms with Crippen molar-refractivity contribution in [3.8, 4) is 0 Å². The fourth-order valence-corrected chi connectivity index (χ4v) is 4.35. The topological polar surface area (TPSA) is 91.4 Å². The van der Waals surface area contributed by atoms with Crippen LogP contribution in [0.2, 0.25) is 10.3 Å². The molecule has 2 N–H and O–H groups in total. The van der Waals surface area contributed by atoms with E-state index in [1.807, 2.05) is 35.9 Å². The predicted octanol–water partition coefficient (Wildman–Crippen LogP) is 4.12. The summed E-state index contributed by atoms with van der Waals surface area (Å²) in [6, 6.07) is 12.0. The van der Waals surface area contributed by atoms with Crippen LogP contribution in [0, 0.1) is 0 Å². The summed E-state index contributed by atoms with van der Waals surface area (Å²) in [6.07, 6.45) is 0. The Morgan fingerprint density at radius 1 is 1.00 bits per heavy atom. The number of pyridine rings is 1. The average molecular weight is 439 g/mol. The van der Waals surface area contributed by atoms with Gasteiger partial charge >= 0.3 is 6.03 Å². The molecule has 7 nitrogen and oxygen atoms in total. The van der Waals surface area contributed by atoms with Crippen LogP contribution in [0.1, 0.15) is 0 Å². The maximum atomic E-state index is 12.8. The third kappa shape index (κ3) is 4.30. The van der Waals surface area contributed by atoms with Crippen molar-refractivity contribution in [3.63, 3.8) is 0 Å². The molecule has 3 rings (SSSR count). The Labute approximate surface area is 172 Å². The van der Waals surface area contributed by atoms with Crippen LogP contribution >= 0.6 is 23.2 Å². The zero-order valence-corrected chi connectivity index (χ0v) is 17.2. The molecule has 10 heteroatoms. The minimum absolute atomic E-state index is 0.00496. The molecule has 1 aromatic heterocycles. The third-order valence-electron chi connectivity index (χ3n) is 3.88. The summed E-state index contributed by atoms with van der Waals surface area (Å²) in [5.41, 5.74) is 1.07. The first-order valence-corrected chi connectivity index (χ1v) is 10.3. The molecule has 0 atom stereocenters. The molecule has 1 heterocycles. The number of halogens is 2. The SMILES string of the molecule is CN(C)c1cccc2c(S(=O)(=O)NC(=O)Nc3cc(Cl)nc(Cl)c3)cccc12. The van der Waals surface area contributed by atoms with E-state index in [0.717, 1.165) is 11.1 Å². The van der Waals surface area contributed by atoms with Crippen molar-refractivity contribution in [1.29, 1.82) is 0 Å². The number of carbonyl (C=O) groups is 1. The number of anilines is 2. The quantitative estimate of drug-likeness (QED) is 0.597. The highest BCUT2D eigenvalue weighted by atomic mass is 35.5. The second-order valence-corrected chi connectivity index (χ2v) is 8.51. The maximum absolute atomic E-state index is 12.8. The first kappa shape index (κ1) is 20.2. The first-order chi connectivity index (χ1) is 13.2. The number of hydrogen-bond donors (Lipinski definition) is 2. The molecule has 0 radical (unpaired) electrons. The highest BCUT2D eigenvalue weighted by Gasteiger charge is 2.21. The second-order valence-electron chi connectivity index (χ2n) is 6.08. The lowest BCUT2D eigenvalue weighted by atomic mass is 10.1. The van der Waals surface area contributed by atoms with Crippen molar-refractivity contribution in [2.45, 2.75) is 4.90 Å². The second kappa shape index (κ2) is 7.83. The van der Waals surface area contributed by atoms with Gasteiger partial charge in [0.25, 0.3) is 10.0 Å². The fourth-order valence-electron chi connectivity index (χ4n) is 2.76. The lowest BCUT2D eigenvalue weighted by Gasteiger charge is -2.17. The van der Waals surface area contributed by atoms with E-state index in [1.54, 1.807) is 18.2 Å². The van der Waals surface area contributed by atoms with Crippen LogP contribution in [0.3, 0.4) is 0 Å². The summed E-state index contributed by atoms with van der Waals surface area (Å²) in [4.78, 5) is 17.9. The van der Waals surface area contributed by atoms with Crippen molar-refractivity contribution in [2.75, 3.05) is 24.3 Å². The Kier molecular flexibility index (Phi) is 5.64. The van der Waals surface area contributed by atoms with Crippen molar-refractivity contribution in [1.82, 2.24) is 9.71 Å². The molecule has 2 amide bonds. The van der Waals surface area contributed by atoms with E-state index in [1.165, 1.54) is 18.2 Å². The lowest BCUT2D eigenvalue weighted by Crippen LogP contribution is -2.34. The maximum Gasteiger partial charge on any atom is 0.333 e. The summed E-state index contributed by atoms with van der Waals surface area (Å²) in [5.74, 6) is 0. The monoisotopic (exact) mass is 438 g/mol. The van der Waals surface area contributed by atoms with E-state index in [0.29, 0.717) is 5.39 Å². The summed E-state index contributed by atoms with van der Waals surface area (Å²) >= 11 is 11.6. The van der Waals surface area contributed by atoms with Crippen molar-refractivity contribution in [2.24, 2.45) is 0 Å². The summed E-state index contributed by atoms with van der Waals surface area (Å²) in [5, 5.41) is 3.77. The van der Waals surface area contributed by atoms with Gasteiger partial charge in [-0.05, 0) is 24.3 Å². The summed E-state index contributed by atoms with van der Waals surface area (Å²) in [6.45, 7) is 0. The molecule has 146 valence electrons. The Morgan fingerprint density at radius 2 is 1.61 bits per heavy atom. The molecule has 0 fully saturated rings. The molecule has 0 bridgehead atoms. The number of nitrogens with zero attached hydrogens (tertiary/aromatic N) is 2. The van der Waals surface area contributed by atoms with Crippen molar-refractivity contribution < 1.29 is 13.2 Å². The molecule has 0 aliphatic carbocycles. The van der Waals surface area contributed by atoms with Crippen LogP contribution < -0.4 is 14.9 Å². The van der Waals surface area contributed by atoms with Gasteiger partial charge in [-0.25, -0.2) is 22.9 Å². The molecule has 28 heavy (non-hydrogen) atoms. The van der Waals surface area contributed by atoms with Crippen LogP contribution in [0.15, 0.2) is 53.4 Å². The van der Waals surface area contributed by atoms with Gasteiger partial charge in [-0.2, -0.15) is 0 Å². The first-order valence-electron chi connectivity index (χ1n) is 8.03. The molecule has 0 saturated carbocycles. The number of fused-ring (bicyclic) bond motifs is 1. The molecule has 3 aromatic rings. The molecule has 0 aliphatic heterocycles. The van der Waals surface area contributed by atoms with Gasteiger partial charge in [0.2, 0.25) is 0 Å². The van der Waals surface area contributed by atoms with E-state index in [2.05, 4.69) is 10.3 Å². The van der Waals surface area contributed by atoms with E-state index in [9.17, 15) is 13.2 Å². The van der Waals surface area contributed by atoms with E-state index in [-0.39, 0.29) is 20.9 Å². The molecular formula is C18H16Cl2N4O3S. The van der Waals surface area contributed by atoms with Gasteiger partial charge < -0.3 is 10.2 Å². The smallest absolute Gasteiger partial charge is 0.333 e. The molecule has 0 aliphatic rings. The Bertz CT molecular complexity index is 1150. The largest absolute Gasteiger partial charge is 0.377 e. The van der Waals surface area contributed by atoms with Gasteiger partial charge in [0.05, 0.1) is 4.90 Å². The van der Waals surface area contributed by atoms with Gasteiger partial charge in [0, 0.05) is 36.2 Å². The van der Waals surface area contributed by atoms with Gasteiger partial charge in [-0.3, -0.25) is 0 Å². The van der Waals surface area contributed by atoms with E-state index < -0.39 is 16.1 Å². The number of benzene rings is 2. The number of rotatable bonds is 4. The highest BCUT2D eigenvalue weighted by molar-refractivity contribution is 7.90. The van der Waals surface area contributed by atoms with Crippen LogP contribution in [0.4, 0.5) is 16.2 Å². The molecule has 0 unspecified atom stereocenters. The standard InChI is InChI=1S/C18H16Cl2N4O3S/c1-24(2)14-7-3-6-13-12(14)5-4-8-15(13)28(26,27)23-18(25)21-11-9-16(19)22-17(20)10-11/h3-10H,1-2H3,(H2,21,22,23,25). The van der Waals surface area contributed by atoms with Crippen LogP contribution in [-0.2, 0) is 10.0 Å².